The van der Waals surface area contributed by atoms with Crippen molar-refractivity contribution in [2.24, 2.45) is 0 Å². The van der Waals surface area contributed by atoms with E-state index in [4.69, 9.17) is 9.47 Å². The summed E-state index contributed by atoms with van der Waals surface area (Å²) in [5.74, 6) is 1.60. The fraction of sp³-hybridized carbons (Fsp3) is 0.0417. The molecule has 10 rings (SSSR count). The van der Waals surface area contributed by atoms with Crippen molar-refractivity contribution >= 4 is 49.5 Å². The zero-order chi connectivity index (χ0) is 35.1. The maximum atomic E-state index is 6.42. The molecule has 4 nitrogen and oxygen atoms in total. The van der Waals surface area contributed by atoms with Gasteiger partial charge in [0.2, 0.25) is 0 Å². The summed E-state index contributed by atoms with van der Waals surface area (Å²) in [4.78, 5) is 3.38. The fourth-order valence-electron chi connectivity index (χ4n) is 7.49. The molecule has 0 fully saturated rings. The Balaban J connectivity index is 1.08. The van der Waals surface area contributed by atoms with Gasteiger partial charge in [0.05, 0.1) is 15.9 Å². The van der Waals surface area contributed by atoms with E-state index in [1.807, 2.05) is 6.07 Å². The number of nitrogens with zero attached hydrogens (tertiary/aromatic N) is 2. The van der Waals surface area contributed by atoms with Crippen LogP contribution < -0.4 is 14.4 Å². The Bertz CT molecular complexity index is 2700. The largest absolute Gasteiger partial charge is 0.485 e. The quantitative estimate of drug-likeness (QED) is 0.165. The normalized spacial score (nSPS) is 12.3. The van der Waals surface area contributed by atoms with E-state index >= 15 is 0 Å². The maximum absolute atomic E-state index is 6.42. The summed E-state index contributed by atoms with van der Waals surface area (Å²) in [5.41, 5.74) is 11.5. The Labute approximate surface area is 312 Å². The van der Waals surface area contributed by atoms with E-state index in [1.54, 1.807) is 11.3 Å². The van der Waals surface area contributed by atoms with Crippen LogP contribution in [0.15, 0.2) is 182 Å². The van der Waals surface area contributed by atoms with E-state index in [0.29, 0.717) is 13.2 Å². The second-order valence-electron chi connectivity index (χ2n) is 13.2. The van der Waals surface area contributed by atoms with Crippen molar-refractivity contribution < 1.29 is 9.47 Å². The zero-order valence-corrected chi connectivity index (χ0v) is 29.7. The van der Waals surface area contributed by atoms with Crippen molar-refractivity contribution in [3.05, 3.63) is 182 Å². The molecule has 0 bridgehead atoms. The molecule has 2 aromatic heterocycles. The number of hydrogen-bond donors (Lipinski definition) is 0. The Hall–Kier alpha value is -6.56. The van der Waals surface area contributed by atoms with Gasteiger partial charge in [-0.05, 0) is 82.4 Å². The summed E-state index contributed by atoms with van der Waals surface area (Å²) < 4.78 is 15.1. The topological polar surface area (TPSA) is 26.6 Å². The number of ether oxygens (including phenoxy) is 2. The smallest absolute Gasteiger partial charge is 0.197 e. The molecule has 0 radical (unpaired) electrons. The van der Waals surface area contributed by atoms with Gasteiger partial charge in [0.1, 0.15) is 18.2 Å². The average molecular weight is 703 g/mol. The van der Waals surface area contributed by atoms with Crippen LogP contribution in [0.4, 0.5) is 16.4 Å². The number of aromatic nitrogens is 1. The van der Waals surface area contributed by atoms with E-state index in [9.17, 15) is 0 Å². The first-order valence-electron chi connectivity index (χ1n) is 17.9. The minimum Gasteiger partial charge on any atom is -0.485 e. The molecule has 3 heterocycles. The van der Waals surface area contributed by atoms with Crippen LogP contribution in [0.2, 0.25) is 0 Å². The third kappa shape index (κ3) is 5.54. The number of hydrogen-bond acceptors (Lipinski definition) is 4. The molecule has 0 N–H and O–H groups in total. The Morgan fingerprint density at radius 1 is 0.434 bits per heavy atom. The second kappa shape index (κ2) is 13.2. The van der Waals surface area contributed by atoms with E-state index < -0.39 is 0 Å². The molecule has 9 aromatic rings. The van der Waals surface area contributed by atoms with Gasteiger partial charge in [-0.25, -0.2) is 0 Å². The van der Waals surface area contributed by atoms with E-state index in [1.165, 1.54) is 38.5 Å². The van der Waals surface area contributed by atoms with Gasteiger partial charge in [-0.3, -0.25) is 4.90 Å². The Morgan fingerprint density at radius 3 is 1.62 bits per heavy atom. The van der Waals surface area contributed by atoms with Crippen LogP contribution in [-0.2, 0) is 0 Å². The van der Waals surface area contributed by atoms with Crippen LogP contribution in [0.3, 0.4) is 0 Å². The first-order chi connectivity index (χ1) is 26.3. The number of benzene rings is 7. The first-order valence-corrected chi connectivity index (χ1v) is 18.7. The molecule has 1 aliphatic heterocycles. The number of thiophene rings is 1. The van der Waals surface area contributed by atoms with Gasteiger partial charge in [0, 0.05) is 27.8 Å². The van der Waals surface area contributed by atoms with Crippen LogP contribution in [0, 0.1) is 0 Å². The van der Waals surface area contributed by atoms with Gasteiger partial charge in [-0.15, -0.1) is 11.3 Å². The third-order valence-corrected chi connectivity index (χ3v) is 11.2. The summed E-state index contributed by atoms with van der Waals surface area (Å²) in [6, 6.07) is 64.8. The van der Waals surface area contributed by atoms with Gasteiger partial charge < -0.3 is 14.0 Å². The molecule has 0 spiro atoms. The Morgan fingerprint density at radius 2 is 0.943 bits per heavy atom. The lowest BCUT2D eigenvalue weighted by atomic mass is 10.0. The lowest BCUT2D eigenvalue weighted by Gasteiger charge is -2.26. The minimum absolute atomic E-state index is 0.508. The minimum atomic E-state index is 0.508. The molecule has 0 saturated heterocycles. The predicted octanol–water partition coefficient (Wildman–Crippen LogP) is 13.1. The molecule has 0 atom stereocenters. The number of para-hydroxylation sites is 2. The van der Waals surface area contributed by atoms with Crippen LogP contribution >= 0.6 is 11.3 Å². The van der Waals surface area contributed by atoms with Crippen LogP contribution in [0.25, 0.3) is 60.2 Å². The standard InChI is InChI=1S/C48H34N2O2S/c1-4-12-33(13-5-1)34-20-25-39(26-21-34)49(48-46-45(51-30-31-52-46)47(53-48)36-14-6-2-7-15-36)40-27-22-35(23-28-40)37-24-29-44-42(32-37)41-18-10-11-19-43(41)50(44)38-16-8-3-9-17-38/h1-29,32H,30-31H2. The lowest BCUT2D eigenvalue weighted by Crippen LogP contribution is -2.17. The summed E-state index contributed by atoms with van der Waals surface area (Å²) in [6.07, 6.45) is 0. The van der Waals surface area contributed by atoms with E-state index in [-0.39, 0.29) is 0 Å². The Kier molecular flexibility index (Phi) is 7.77. The SMILES string of the molecule is c1ccc(-c2ccc(N(c3ccc(-c4ccc5c(c4)c4ccccc4n5-c4ccccc4)cc3)c3sc(-c4ccccc4)c4c3OCCO4)cc2)cc1. The van der Waals surface area contributed by atoms with Crippen LogP contribution in [-0.4, -0.2) is 17.8 Å². The van der Waals surface area contributed by atoms with Gasteiger partial charge >= 0.3 is 0 Å². The van der Waals surface area contributed by atoms with Crippen molar-refractivity contribution in [2.45, 2.75) is 0 Å². The molecule has 0 aliphatic carbocycles. The average Bonchev–Trinajstić information content (AvgIpc) is 3.78. The van der Waals surface area contributed by atoms with Crippen molar-refractivity contribution in [1.82, 2.24) is 4.57 Å². The molecule has 53 heavy (non-hydrogen) atoms. The molecule has 0 saturated carbocycles. The highest BCUT2D eigenvalue weighted by Crippen LogP contribution is 2.57. The van der Waals surface area contributed by atoms with Crippen molar-refractivity contribution in [1.29, 1.82) is 0 Å². The predicted molar refractivity (Wildman–Crippen MR) is 221 cm³/mol. The van der Waals surface area contributed by atoms with Gasteiger partial charge in [-0.2, -0.15) is 0 Å². The summed E-state index contributed by atoms with van der Waals surface area (Å²) in [5, 5.41) is 3.48. The monoisotopic (exact) mass is 702 g/mol. The molecule has 254 valence electrons. The van der Waals surface area contributed by atoms with Crippen LogP contribution in [0.1, 0.15) is 0 Å². The summed E-state index contributed by atoms with van der Waals surface area (Å²) in [7, 11) is 0. The maximum Gasteiger partial charge on any atom is 0.197 e. The molecule has 0 unspecified atom stereocenters. The number of anilines is 3. The molecular weight excluding hydrogens is 669 g/mol. The van der Waals surface area contributed by atoms with Crippen molar-refractivity contribution in [3.63, 3.8) is 0 Å². The number of rotatable bonds is 7. The summed E-state index contributed by atoms with van der Waals surface area (Å²) in [6.45, 7) is 1.03. The van der Waals surface area contributed by atoms with Crippen molar-refractivity contribution in [2.75, 3.05) is 18.1 Å². The highest BCUT2D eigenvalue weighted by molar-refractivity contribution is 7.20. The molecule has 1 aliphatic rings. The highest BCUT2D eigenvalue weighted by atomic mass is 32.1. The fourth-order valence-corrected chi connectivity index (χ4v) is 8.73. The number of fused-ring (bicyclic) bond motifs is 4. The van der Waals surface area contributed by atoms with E-state index in [2.05, 4.69) is 185 Å². The van der Waals surface area contributed by atoms with Crippen LogP contribution in [0.5, 0.6) is 11.5 Å². The van der Waals surface area contributed by atoms with Crippen molar-refractivity contribution in [3.8, 4) is 49.9 Å². The highest BCUT2D eigenvalue weighted by Gasteiger charge is 2.30. The van der Waals surface area contributed by atoms with Gasteiger partial charge in [0.25, 0.3) is 0 Å². The molecule has 0 amide bonds. The molecule has 7 aromatic carbocycles. The van der Waals surface area contributed by atoms with Gasteiger partial charge in [-0.1, -0.05) is 127 Å². The zero-order valence-electron chi connectivity index (χ0n) is 28.9. The molecular formula is C48H34N2O2S. The van der Waals surface area contributed by atoms with E-state index in [0.717, 1.165) is 49.6 Å². The summed E-state index contributed by atoms with van der Waals surface area (Å²) >= 11 is 1.70. The second-order valence-corrected chi connectivity index (χ2v) is 14.2. The third-order valence-electron chi connectivity index (χ3n) is 10.00. The first kappa shape index (κ1) is 31.2. The van der Waals surface area contributed by atoms with Gasteiger partial charge in [0.15, 0.2) is 11.5 Å². The molecule has 5 heteroatoms. The lowest BCUT2D eigenvalue weighted by molar-refractivity contribution is 0.175.